The van der Waals surface area contributed by atoms with E-state index < -0.39 is 0 Å². The van der Waals surface area contributed by atoms with Crippen LogP contribution in [0.4, 0.5) is 10.5 Å². The molecule has 0 bridgehead atoms. The molecule has 0 aliphatic carbocycles. The van der Waals surface area contributed by atoms with E-state index in [-0.39, 0.29) is 10.5 Å². The van der Waals surface area contributed by atoms with E-state index in [0.29, 0.717) is 5.92 Å². The lowest BCUT2D eigenvalue weighted by molar-refractivity contribution is 0.266. The highest BCUT2D eigenvalue weighted by Gasteiger charge is 2.18. The summed E-state index contributed by atoms with van der Waals surface area (Å²) in [6.07, 6.45) is 1.84. The van der Waals surface area contributed by atoms with E-state index in [1.54, 1.807) is 11.9 Å². The Bertz CT molecular complexity index is 411. The van der Waals surface area contributed by atoms with Gasteiger partial charge >= 0.3 is 0 Å². The Kier molecular flexibility index (Phi) is 5.48. The maximum absolute atomic E-state index is 12.1. The van der Waals surface area contributed by atoms with Crippen molar-refractivity contribution in [3.8, 4) is 0 Å². The minimum absolute atomic E-state index is 0.0532. The average molecular weight is 263 g/mol. The molecule has 0 fully saturated rings. The summed E-state index contributed by atoms with van der Waals surface area (Å²) in [6, 6.07) is 7.95. The largest absolute Gasteiger partial charge is 0.306 e. The molecule has 0 N–H and O–H groups in total. The van der Waals surface area contributed by atoms with Crippen molar-refractivity contribution < 1.29 is 4.79 Å². The first kappa shape index (κ1) is 14.8. The number of anilines is 1. The molecular weight excluding hydrogens is 242 g/mol. The molecule has 98 valence electrons. The van der Waals surface area contributed by atoms with Crippen LogP contribution in [0.2, 0.25) is 0 Å². The van der Waals surface area contributed by atoms with E-state index in [2.05, 4.69) is 20.4 Å². The van der Waals surface area contributed by atoms with Crippen LogP contribution < -0.4 is 4.90 Å². The first-order valence-electron chi connectivity index (χ1n) is 6.09. The van der Waals surface area contributed by atoms with Crippen molar-refractivity contribution in [1.29, 1.82) is 0 Å². The molecule has 1 rings (SSSR count). The molecule has 0 saturated heterocycles. The second-order valence-corrected chi connectivity index (χ2v) is 5.85. The Morgan fingerprint density at radius 2 is 1.89 bits per heavy atom. The molecule has 1 aromatic rings. The van der Waals surface area contributed by atoms with Gasteiger partial charge in [0.1, 0.15) is 0 Å². The molecule has 1 atom stereocenters. The van der Waals surface area contributed by atoms with Gasteiger partial charge in [-0.3, -0.25) is 4.79 Å². The third-order valence-electron chi connectivity index (χ3n) is 2.82. The molecular formula is C15H21NOS. The number of aryl methyl sites for hydroxylation is 1. The highest BCUT2D eigenvalue weighted by atomic mass is 32.2. The van der Waals surface area contributed by atoms with Gasteiger partial charge in [0.15, 0.2) is 0 Å². The maximum atomic E-state index is 12.1. The van der Waals surface area contributed by atoms with Crippen LogP contribution in [-0.2, 0) is 0 Å². The summed E-state index contributed by atoms with van der Waals surface area (Å²) >= 11 is 1.33. The minimum Gasteiger partial charge on any atom is -0.306 e. The van der Waals surface area contributed by atoms with Crippen LogP contribution in [0.1, 0.15) is 19.4 Å². The number of benzene rings is 1. The van der Waals surface area contributed by atoms with Gasteiger partial charge in [-0.05, 0) is 25.0 Å². The summed E-state index contributed by atoms with van der Waals surface area (Å²) in [7, 11) is 1.81. The Morgan fingerprint density at radius 3 is 2.33 bits per heavy atom. The van der Waals surface area contributed by atoms with Crippen molar-refractivity contribution in [2.75, 3.05) is 11.9 Å². The predicted octanol–water partition coefficient (Wildman–Crippen LogP) is 4.50. The smallest absolute Gasteiger partial charge is 0.286 e. The highest BCUT2D eigenvalue weighted by Crippen LogP contribution is 2.25. The van der Waals surface area contributed by atoms with Crippen molar-refractivity contribution in [2.45, 2.75) is 26.0 Å². The van der Waals surface area contributed by atoms with Crippen LogP contribution in [0.25, 0.3) is 0 Å². The fourth-order valence-corrected chi connectivity index (χ4v) is 2.39. The molecule has 18 heavy (non-hydrogen) atoms. The summed E-state index contributed by atoms with van der Waals surface area (Å²) in [4.78, 5) is 13.8. The van der Waals surface area contributed by atoms with Crippen LogP contribution in [-0.4, -0.2) is 17.5 Å². The second-order valence-electron chi connectivity index (χ2n) is 4.72. The summed E-state index contributed by atoms with van der Waals surface area (Å²) in [5, 5.41) is 0.211. The first-order chi connectivity index (χ1) is 8.45. The normalized spacial score (nSPS) is 12.3. The maximum Gasteiger partial charge on any atom is 0.286 e. The number of nitrogens with zero attached hydrogens (tertiary/aromatic N) is 1. The molecule has 1 aromatic carbocycles. The van der Waals surface area contributed by atoms with E-state index in [4.69, 9.17) is 0 Å². The Balaban J connectivity index is 2.72. The van der Waals surface area contributed by atoms with Crippen molar-refractivity contribution in [3.05, 3.63) is 42.5 Å². The number of hydrogen-bond donors (Lipinski definition) is 0. The number of hydrogen-bond acceptors (Lipinski definition) is 2. The molecule has 3 heteroatoms. The van der Waals surface area contributed by atoms with E-state index in [1.165, 1.54) is 17.3 Å². The number of thioether (sulfide) groups is 1. The molecule has 0 saturated carbocycles. The lowest BCUT2D eigenvalue weighted by atomic mass is 10.1. The third-order valence-corrected chi connectivity index (χ3v) is 4.31. The van der Waals surface area contributed by atoms with Gasteiger partial charge in [0.25, 0.3) is 5.24 Å². The van der Waals surface area contributed by atoms with Crippen LogP contribution >= 0.6 is 11.8 Å². The van der Waals surface area contributed by atoms with E-state index in [0.717, 1.165) is 5.69 Å². The van der Waals surface area contributed by atoms with Gasteiger partial charge in [-0.2, -0.15) is 0 Å². The first-order valence-corrected chi connectivity index (χ1v) is 6.97. The average Bonchev–Trinajstić information content (AvgIpc) is 2.35. The summed E-state index contributed by atoms with van der Waals surface area (Å²) in [5.41, 5.74) is 2.11. The van der Waals surface area contributed by atoms with Crippen LogP contribution in [0.5, 0.6) is 0 Å². The van der Waals surface area contributed by atoms with E-state index in [9.17, 15) is 4.79 Å². The molecule has 0 heterocycles. The van der Waals surface area contributed by atoms with Crippen molar-refractivity contribution in [1.82, 2.24) is 0 Å². The Morgan fingerprint density at radius 1 is 1.33 bits per heavy atom. The van der Waals surface area contributed by atoms with Crippen molar-refractivity contribution >= 4 is 22.7 Å². The fraction of sp³-hybridized carbons (Fsp3) is 0.400. The number of amides is 1. The molecule has 0 aromatic heterocycles. The standard InChI is InChI=1S/C15H21NOS/c1-6-14(11(2)3)18-15(17)16(5)13-9-7-12(4)8-10-13/h6-11,14H,1H2,2-5H3. The molecule has 0 radical (unpaired) electrons. The van der Waals surface area contributed by atoms with Gasteiger partial charge in [0.05, 0.1) is 0 Å². The molecule has 0 aliphatic rings. The van der Waals surface area contributed by atoms with Crippen molar-refractivity contribution in [2.24, 2.45) is 5.92 Å². The van der Waals surface area contributed by atoms with Gasteiger partial charge in [-0.25, -0.2) is 0 Å². The summed E-state index contributed by atoms with van der Waals surface area (Å²) < 4.78 is 0. The summed E-state index contributed by atoms with van der Waals surface area (Å²) in [6.45, 7) is 10.0. The van der Waals surface area contributed by atoms with Crippen molar-refractivity contribution in [3.63, 3.8) is 0 Å². The van der Waals surface area contributed by atoms with Gasteiger partial charge in [0, 0.05) is 18.0 Å². The number of carbonyl (C=O) groups excluding carboxylic acids is 1. The quantitative estimate of drug-likeness (QED) is 0.746. The fourth-order valence-electron chi connectivity index (χ4n) is 1.53. The second kappa shape index (κ2) is 6.64. The van der Waals surface area contributed by atoms with Gasteiger partial charge in [0.2, 0.25) is 0 Å². The van der Waals surface area contributed by atoms with Crippen LogP contribution in [0.15, 0.2) is 36.9 Å². The zero-order chi connectivity index (χ0) is 13.7. The van der Waals surface area contributed by atoms with Crippen LogP contribution in [0, 0.1) is 12.8 Å². The lowest BCUT2D eigenvalue weighted by Gasteiger charge is -2.21. The van der Waals surface area contributed by atoms with Crippen LogP contribution in [0.3, 0.4) is 0 Å². The van der Waals surface area contributed by atoms with E-state index >= 15 is 0 Å². The molecule has 0 aliphatic heterocycles. The Hall–Kier alpha value is -1.22. The zero-order valence-electron chi connectivity index (χ0n) is 11.5. The highest BCUT2D eigenvalue weighted by molar-refractivity contribution is 8.14. The third kappa shape index (κ3) is 3.91. The lowest BCUT2D eigenvalue weighted by Crippen LogP contribution is -2.25. The summed E-state index contributed by atoms with van der Waals surface area (Å²) in [5.74, 6) is 0.405. The van der Waals surface area contributed by atoms with Gasteiger partial charge < -0.3 is 4.90 Å². The predicted molar refractivity (Wildman–Crippen MR) is 81.4 cm³/mol. The number of rotatable bonds is 4. The molecule has 1 amide bonds. The monoisotopic (exact) mass is 263 g/mol. The number of carbonyl (C=O) groups is 1. The van der Waals surface area contributed by atoms with Gasteiger partial charge in [-0.15, -0.1) is 6.58 Å². The topological polar surface area (TPSA) is 20.3 Å². The molecule has 1 unspecified atom stereocenters. The van der Waals surface area contributed by atoms with E-state index in [1.807, 2.05) is 37.3 Å². The SMILES string of the molecule is C=CC(SC(=O)N(C)c1ccc(C)cc1)C(C)C. The minimum atomic E-state index is 0.0532. The van der Waals surface area contributed by atoms with Gasteiger partial charge in [-0.1, -0.05) is 49.4 Å². The molecule has 2 nitrogen and oxygen atoms in total. The zero-order valence-corrected chi connectivity index (χ0v) is 12.3. The Labute approximate surface area is 114 Å². The molecule has 0 spiro atoms.